The molecule has 1 aromatic carbocycles. The van der Waals surface area contributed by atoms with E-state index in [0.717, 1.165) is 18.7 Å². The second-order valence-electron chi connectivity index (χ2n) is 8.38. The SMILES string of the molecule is CCCCCCCCCCCCCCCCNC(=O)c1ccc(OCC)cc1OCC. The van der Waals surface area contributed by atoms with Gasteiger partial charge in [-0.25, -0.2) is 0 Å². The number of hydrogen-bond acceptors (Lipinski definition) is 3. The molecule has 1 N–H and O–H groups in total. The highest BCUT2D eigenvalue weighted by molar-refractivity contribution is 5.97. The topological polar surface area (TPSA) is 47.6 Å². The summed E-state index contributed by atoms with van der Waals surface area (Å²) in [4.78, 5) is 12.5. The van der Waals surface area contributed by atoms with Crippen LogP contribution in [-0.2, 0) is 0 Å². The van der Waals surface area contributed by atoms with E-state index in [4.69, 9.17) is 9.47 Å². The monoisotopic (exact) mass is 433 g/mol. The van der Waals surface area contributed by atoms with Crippen molar-refractivity contribution in [2.75, 3.05) is 19.8 Å². The predicted octanol–water partition coefficient (Wildman–Crippen LogP) is 7.70. The Kier molecular flexibility index (Phi) is 16.8. The molecule has 0 spiro atoms. The van der Waals surface area contributed by atoms with Crippen molar-refractivity contribution in [3.8, 4) is 11.5 Å². The molecule has 178 valence electrons. The van der Waals surface area contributed by atoms with Crippen LogP contribution in [0.25, 0.3) is 0 Å². The van der Waals surface area contributed by atoms with Crippen LogP contribution in [0.5, 0.6) is 11.5 Å². The van der Waals surface area contributed by atoms with Crippen LogP contribution >= 0.6 is 0 Å². The number of amides is 1. The number of hydrogen-bond donors (Lipinski definition) is 1. The van der Waals surface area contributed by atoms with E-state index in [-0.39, 0.29) is 5.91 Å². The zero-order valence-electron chi connectivity index (χ0n) is 20.5. The van der Waals surface area contributed by atoms with E-state index in [1.54, 1.807) is 12.1 Å². The molecule has 31 heavy (non-hydrogen) atoms. The second kappa shape index (κ2) is 19.0. The summed E-state index contributed by atoms with van der Waals surface area (Å²) in [5, 5.41) is 3.03. The lowest BCUT2D eigenvalue weighted by Gasteiger charge is -2.12. The molecule has 0 fully saturated rings. The van der Waals surface area contributed by atoms with Crippen molar-refractivity contribution in [2.45, 2.75) is 111 Å². The van der Waals surface area contributed by atoms with Crippen LogP contribution in [0, 0.1) is 0 Å². The molecular formula is C27H47NO3. The van der Waals surface area contributed by atoms with Crippen LogP contribution in [0.4, 0.5) is 0 Å². The highest BCUT2D eigenvalue weighted by Gasteiger charge is 2.13. The van der Waals surface area contributed by atoms with Gasteiger partial charge in [0.2, 0.25) is 0 Å². The summed E-state index contributed by atoms with van der Waals surface area (Å²) in [6.45, 7) is 7.97. The van der Waals surface area contributed by atoms with Crippen molar-refractivity contribution in [1.29, 1.82) is 0 Å². The zero-order chi connectivity index (χ0) is 22.6. The second-order valence-corrected chi connectivity index (χ2v) is 8.38. The quantitative estimate of drug-likeness (QED) is 0.214. The summed E-state index contributed by atoms with van der Waals surface area (Å²) < 4.78 is 11.1. The summed E-state index contributed by atoms with van der Waals surface area (Å²) in [6, 6.07) is 5.41. The summed E-state index contributed by atoms with van der Waals surface area (Å²) in [6.07, 6.45) is 18.8. The lowest BCUT2D eigenvalue weighted by atomic mass is 10.0. The molecule has 1 rings (SSSR count). The van der Waals surface area contributed by atoms with E-state index < -0.39 is 0 Å². The van der Waals surface area contributed by atoms with Gasteiger partial charge in [0.1, 0.15) is 11.5 Å². The van der Waals surface area contributed by atoms with Crippen molar-refractivity contribution in [3.05, 3.63) is 23.8 Å². The third-order valence-corrected chi connectivity index (χ3v) is 5.62. The standard InChI is InChI=1S/C27H47NO3/c1-4-7-8-9-10-11-12-13-14-15-16-17-18-19-22-28-27(29)25-21-20-24(30-5-2)23-26(25)31-6-3/h20-21,23H,4-19,22H2,1-3H3,(H,28,29). The summed E-state index contributed by atoms with van der Waals surface area (Å²) in [7, 11) is 0. The minimum absolute atomic E-state index is 0.0683. The smallest absolute Gasteiger partial charge is 0.255 e. The van der Waals surface area contributed by atoms with E-state index >= 15 is 0 Å². The molecule has 0 aromatic heterocycles. The summed E-state index contributed by atoms with van der Waals surface area (Å²) >= 11 is 0. The van der Waals surface area contributed by atoms with Crippen LogP contribution in [0.3, 0.4) is 0 Å². The van der Waals surface area contributed by atoms with Crippen LogP contribution < -0.4 is 14.8 Å². The van der Waals surface area contributed by atoms with E-state index in [1.807, 2.05) is 19.9 Å². The largest absolute Gasteiger partial charge is 0.494 e. The first-order valence-corrected chi connectivity index (χ1v) is 12.9. The van der Waals surface area contributed by atoms with E-state index in [2.05, 4.69) is 12.2 Å². The van der Waals surface area contributed by atoms with Gasteiger partial charge in [0.15, 0.2) is 0 Å². The van der Waals surface area contributed by atoms with E-state index in [1.165, 1.54) is 83.5 Å². The molecule has 0 aliphatic carbocycles. The minimum atomic E-state index is -0.0683. The average molecular weight is 434 g/mol. The molecule has 0 aliphatic rings. The van der Waals surface area contributed by atoms with Crippen molar-refractivity contribution >= 4 is 5.91 Å². The van der Waals surface area contributed by atoms with Gasteiger partial charge in [-0.3, -0.25) is 4.79 Å². The number of benzene rings is 1. The molecule has 1 aromatic rings. The van der Waals surface area contributed by atoms with Crippen LogP contribution in [0.1, 0.15) is 121 Å². The van der Waals surface area contributed by atoms with E-state index in [0.29, 0.717) is 24.5 Å². The Hall–Kier alpha value is -1.71. The number of carbonyl (C=O) groups excluding carboxylic acids is 1. The Labute approximate surface area is 191 Å². The molecule has 4 heteroatoms. The first-order chi connectivity index (χ1) is 15.2. The van der Waals surface area contributed by atoms with Crippen LogP contribution in [0.2, 0.25) is 0 Å². The highest BCUT2D eigenvalue weighted by atomic mass is 16.5. The third-order valence-electron chi connectivity index (χ3n) is 5.62. The fraction of sp³-hybridized carbons (Fsp3) is 0.741. The molecule has 0 unspecified atom stereocenters. The molecule has 0 atom stereocenters. The van der Waals surface area contributed by atoms with Crippen molar-refractivity contribution in [1.82, 2.24) is 5.32 Å². The third kappa shape index (κ3) is 13.3. The number of unbranched alkanes of at least 4 members (excludes halogenated alkanes) is 13. The number of carbonyl (C=O) groups is 1. The van der Waals surface area contributed by atoms with Crippen LogP contribution in [0.15, 0.2) is 18.2 Å². The van der Waals surface area contributed by atoms with Gasteiger partial charge in [0.25, 0.3) is 5.91 Å². The molecule has 4 nitrogen and oxygen atoms in total. The Balaban J connectivity index is 2.06. The minimum Gasteiger partial charge on any atom is -0.494 e. The molecule has 0 aliphatic heterocycles. The Morgan fingerprint density at radius 2 is 1.23 bits per heavy atom. The van der Waals surface area contributed by atoms with Gasteiger partial charge in [-0.15, -0.1) is 0 Å². The van der Waals surface area contributed by atoms with Gasteiger partial charge in [0.05, 0.1) is 18.8 Å². The normalized spacial score (nSPS) is 10.8. The predicted molar refractivity (Wildman–Crippen MR) is 131 cm³/mol. The van der Waals surface area contributed by atoms with Gasteiger partial charge < -0.3 is 14.8 Å². The molecule has 0 saturated carbocycles. The number of nitrogens with one attached hydrogen (secondary N) is 1. The Morgan fingerprint density at radius 1 is 0.710 bits per heavy atom. The van der Waals surface area contributed by atoms with Gasteiger partial charge in [-0.2, -0.15) is 0 Å². The molecule has 0 bridgehead atoms. The highest BCUT2D eigenvalue weighted by Crippen LogP contribution is 2.25. The maximum atomic E-state index is 12.5. The number of ether oxygens (including phenoxy) is 2. The lowest BCUT2D eigenvalue weighted by molar-refractivity contribution is 0.0949. The average Bonchev–Trinajstić information content (AvgIpc) is 2.77. The van der Waals surface area contributed by atoms with Crippen molar-refractivity contribution in [3.63, 3.8) is 0 Å². The molecule has 0 radical (unpaired) electrons. The maximum Gasteiger partial charge on any atom is 0.255 e. The first kappa shape index (κ1) is 27.3. The molecular weight excluding hydrogens is 386 g/mol. The van der Waals surface area contributed by atoms with Gasteiger partial charge >= 0.3 is 0 Å². The first-order valence-electron chi connectivity index (χ1n) is 12.9. The van der Waals surface area contributed by atoms with Crippen LogP contribution in [-0.4, -0.2) is 25.7 Å². The fourth-order valence-electron chi connectivity index (χ4n) is 3.84. The van der Waals surface area contributed by atoms with E-state index in [9.17, 15) is 4.79 Å². The maximum absolute atomic E-state index is 12.5. The van der Waals surface area contributed by atoms with Gasteiger partial charge in [-0.1, -0.05) is 90.4 Å². The van der Waals surface area contributed by atoms with Crippen molar-refractivity contribution in [2.24, 2.45) is 0 Å². The lowest BCUT2D eigenvalue weighted by Crippen LogP contribution is -2.25. The fourth-order valence-corrected chi connectivity index (χ4v) is 3.84. The summed E-state index contributed by atoms with van der Waals surface area (Å²) in [5.41, 5.74) is 0.579. The Bertz CT molecular complexity index is 574. The molecule has 0 saturated heterocycles. The molecule has 1 amide bonds. The Morgan fingerprint density at radius 3 is 1.74 bits per heavy atom. The number of rotatable bonds is 20. The van der Waals surface area contributed by atoms with Gasteiger partial charge in [-0.05, 0) is 32.4 Å². The van der Waals surface area contributed by atoms with Gasteiger partial charge in [0, 0.05) is 12.6 Å². The molecule has 0 heterocycles. The van der Waals surface area contributed by atoms with Crippen molar-refractivity contribution < 1.29 is 14.3 Å². The summed E-state index contributed by atoms with van der Waals surface area (Å²) in [5.74, 6) is 1.25. The zero-order valence-corrected chi connectivity index (χ0v) is 20.5.